The maximum atomic E-state index is 13.3. The molecule has 4 aromatic carbocycles. The zero-order valence-electron chi connectivity index (χ0n) is 17.1. The Morgan fingerprint density at radius 3 is 2.23 bits per heavy atom. The summed E-state index contributed by atoms with van der Waals surface area (Å²) in [5.74, 6) is 0.0552. The third-order valence-corrected chi connectivity index (χ3v) is 6.05. The van der Waals surface area contributed by atoms with Gasteiger partial charge in [0.15, 0.2) is 5.78 Å². The van der Waals surface area contributed by atoms with Gasteiger partial charge < -0.3 is 0 Å². The van der Waals surface area contributed by atoms with Crippen LogP contribution in [0.3, 0.4) is 0 Å². The van der Waals surface area contributed by atoms with Gasteiger partial charge in [-0.1, -0.05) is 90.5 Å². The van der Waals surface area contributed by atoms with Crippen molar-refractivity contribution in [3.63, 3.8) is 0 Å². The Labute approximate surface area is 180 Å². The van der Waals surface area contributed by atoms with E-state index in [2.05, 4.69) is 67.6 Å². The van der Waals surface area contributed by atoms with Crippen LogP contribution in [0.25, 0.3) is 44.4 Å². The molecule has 0 saturated carbocycles. The molecule has 0 saturated heterocycles. The average molecular weight is 397 g/mol. The van der Waals surface area contributed by atoms with E-state index in [9.17, 15) is 4.79 Å². The summed E-state index contributed by atoms with van der Waals surface area (Å²) in [5.41, 5.74) is 8.21. The molecule has 0 N–H and O–H groups in total. The first kappa shape index (κ1) is 17.8. The number of nitrogens with zero attached hydrogens (tertiary/aromatic N) is 1. The fourth-order valence-corrected chi connectivity index (χ4v) is 4.53. The first-order valence-corrected chi connectivity index (χ1v) is 10.4. The summed E-state index contributed by atoms with van der Waals surface area (Å²) in [4.78, 5) is 18.4. The zero-order valence-corrected chi connectivity index (χ0v) is 17.1. The van der Waals surface area contributed by atoms with Crippen LogP contribution in [0.5, 0.6) is 0 Å². The lowest BCUT2D eigenvalue weighted by Gasteiger charge is -2.12. The zero-order chi connectivity index (χ0) is 20.9. The van der Waals surface area contributed by atoms with Crippen molar-refractivity contribution in [2.45, 2.75) is 6.92 Å². The van der Waals surface area contributed by atoms with Crippen molar-refractivity contribution < 1.29 is 4.79 Å². The first-order chi connectivity index (χ1) is 15.2. The van der Waals surface area contributed by atoms with Crippen molar-refractivity contribution in [2.75, 3.05) is 0 Å². The molecule has 2 heteroatoms. The highest BCUT2D eigenvalue weighted by atomic mass is 16.1. The molecule has 1 aromatic heterocycles. The van der Waals surface area contributed by atoms with Gasteiger partial charge in [0.2, 0.25) is 0 Å². The maximum Gasteiger partial charge on any atom is 0.196 e. The summed E-state index contributed by atoms with van der Waals surface area (Å²) in [5, 5.41) is 2.38. The van der Waals surface area contributed by atoms with E-state index in [0.29, 0.717) is 5.56 Å². The molecular weight excluding hydrogens is 378 g/mol. The van der Waals surface area contributed by atoms with E-state index >= 15 is 0 Å². The van der Waals surface area contributed by atoms with Gasteiger partial charge in [0.05, 0.1) is 17.0 Å². The van der Waals surface area contributed by atoms with Crippen LogP contribution in [0.1, 0.15) is 21.5 Å². The minimum atomic E-state index is 0.0552. The fraction of sp³-hybridized carbons (Fsp3) is 0.0345. The SMILES string of the molecule is Cc1cccc(-c2cc(-c3ccc4ccccc4c3)nc3c2C(=O)c2ccccc2-3)c1. The van der Waals surface area contributed by atoms with E-state index in [1.807, 2.05) is 36.4 Å². The maximum absolute atomic E-state index is 13.3. The summed E-state index contributed by atoms with van der Waals surface area (Å²) >= 11 is 0. The van der Waals surface area contributed by atoms with Crippen molar-refractivity contribution in [2.24, 2.45) is 0 Å². The third kappa shape index (κ3) is 2.80. The number of rotatable bonds is 2. The lowest BCUT2D eigenvalue weighted by atomic mass is 9.94. The van der Waals surface area contributed by atoms with Crippen LogP contribution in [0.15, 0.2) is 97.1 Å². The van der Waals surface area contributed by atoms with Crippen LogP contribution in [-0.2, 0) is 0 Å². The van der Waals surface area contributed by atoms with Crippen molar-refractivity contribution in [3.8, 4) is 33.6 Å². The minimum absolute atomic E-state index is 0.0552. The van der Waals surface area contributed by atoms with Gasteiger partial charge in [-0.25, -0.2) is 4.98 Å². The first-order valence-electron chi connectivity index (χ1n) is 10.4. The van der Waals surface area contributed by atoms with E-state index in [1.165, 1.54) is 16.3 Å². The molecular formula is C29H19NO. The number of hydrogen-bond donors (Lipinski definition) is 0. The summed E-state index contributed by atoms with van der Waals surface area (Å²) in [6.45, 7) is 2.08. The van der Waals surface area contributed by atoms with E-state index in [-0.39, 0.29) is 5.78 Å². The normalized spacial score (nSPS) is 12.1. The molecule has 0 aliphatic heterocycles. The van der Waals surface area contributed by atoms with Gasteiger partial charge >= 0.3 is 0 Å². The Morgan fingerprint density at radius 1 is 0.613 bits per heavy atom. The fourth-order valence-electron chi connectivity index (χ4n) is 4.53. The summed E-state index contributed by atoms with van der Waals surface area (Å²) in [6, 6.07) is 32.9. The highest BCUT2D eigenvalue weighted by Gasteiger charge is 2.31. The molecule has 0 spiro atoms. The highest BCUT2D eigenvalue weighted by molar-refractivity contribution is 6.24. The molecule has 0 atom stereocenters. The van der Waals surface area contributed by atoms with Crippen LogP contribution in [0, 0.1) is 6.92 Å². The predicted molar refractivity (Wildman–Crippen MR) is 126 cm³/mol. The number of ketones is 1. The number of carbonyl (C=O) groups is 1. The monoisotopic (exact) mass is 397 g/mol. The van der Waals surface area contributed by atoms with Crippen LogP contribution in [-0.4, -0.2) is 10.8 Å². The molecule has 2 nitrogen and oxygen atoms in total. The standard InChI is InChI=1S/C29H19NO/c1-18-7-6-10-21(15-18)25-17-26(22-14-13-19-8-2-3-9-20(19)16-22)30-28-23-11-4-5-12-24(23)29(31)27(25)28/h2-17H,1H3. The largest absolute Gasteiger partial charge is 0.288 e. The number of fused-ring (bicyclic) bond motifs is 4. The lowest BCUT2D eigenvalue weighted by molar-refractivity contribution is 0.104. The van der Waals surface area contributed by atoms with Crippen LogP contribution in [0.4, 0.5) is 0 Å². The second kappa shape index (κ2) is 6.75. The second-order valence-corrected chi connectivity index (χ2v) is 8.08. The molecule has 0 fully saturated rings. The van der Waals surface area contributed by atoms with Gasteiger partial charge in [-0.2, -0.15) is 0 Å². The van der Waals surface area contributed by atoms with Crippen molar-refractivity contribution in [3.05, 3.63) is 114 Å². The number of hydrogen-bond acceptors (Lipinski definition) is 2. The summed E-state index contributed by atoms with van der Waals surface area (Å²) in [7, 11) is 0. The van der Waals surface area contributed by atoms with Gasteiger partial charge in [-0.05, 0) is 41.0 Å². The number of aryl methyl sites for hydroxylation is 1. The van der Waals surface area contributed by atoms with Crippen LogP contribution < -0.4 is 0 Å². The van der Waals surface area contributed by atoms with E-state index in [1.54, 1.807) is 0 Å². The third-order valence-electron chi connectivity index (χ3n) is 6.05. The smallest absolute Gasteiger partial charge is 0.196 e. The minimum Gasteiger partial charge on any atom is -0.288 e. The van der Waals surface area contributed by atoms with Crippen molar-refractivity contribution in [1.29, 1.82) is 0 Å². The molecule has 0 unspecified atom stereocenters. The Kier molecular flexibility index (Phi) is 3.87. The molecule has 146 valence electrons. The lowest BCUT2D eigenvalue weighted by Crippen LogP contribution is -2.00. The molecule has 0 amide bonds. The number of pyridine rings is 1. The van der Waals surface area contributed by atoms with Gasteiger partial charge in [0.1, 0.15) is 0 Å². The highest BCUT2D eigenvalue weighted by Crippen LogP contribution is 2.42. The average Bonchev–Trinajstić information content (AvgIpc) is 3.10. The molecule has 0 radical (unpaired) electrons. The number of aromatic nitrogens is 1. The van der Waals surface area contributed by atoms with Crippen LogP contribution in [0.2, 0.25) is 0 Å². The quantitative estimate of drug-likeness (QED) is 0.312. The van der Waals surface area contributed by atoms with Crippen LogP contribution >= 0.6 is 0 Å². The molecule has 31 heavy (non-hydrogen) atoms. The molecule has 1 aliphatic carbocycles. The Bertz CT molecular complexity index is 1510. The molecule has 0 bridgehead atoms. The molecule has 6 rings (SSSR count). The summed E-state index contributed by atoms with van der Waals surface area (Å²) in [6.07, 6.45) is 0. The second-order valence-electron chi connectivity index (χ2n) is 8.08. The Balaban J connectivity index is 1.65. The molecule has 5 aromatic rings. The molecule has 1 heterocycles. The van der Waals surface area contributed by atoms with E-state index in [4.69, 9.17) is 4.98 Å². The molecule has 1 aliphatic rings. The van der Waals surface area contributed by atoms with E-state index < -0.39 is 0 Å². The Morgan fingerprint density at radius 2 is 1.39 bits per heavy atom. The van der Waals surface area contributed by atoms with Gasteiger partial charge in [-0.15, -0.1) is 0 Å². The van der Waals surface area contributed by atoms with Crippen molar-refractivity contribution in [1.82, 2.24) is 4.98 Å². The van der Waals surface area contributed by atoms with E-state index in [0.717, 1.165) is 39.2 Å². The van der Waals surface area contributed by atoms with Gasteiger partial charge in [0.25, 0.3) is 0 Å². The Hall–Kier alpha value is -4.04. The van der Waals surface area contributed by atoms with Crippen molar-refractivity contribution >= 4 is 16.6 Å². The topological polar surface area (TPSA) is 30.0 Å². The summed E-state index contributed by atoms with van der Waals surface area (Å²) < 4.78 is 0. The van der Waals surface area contributed by atoms with Gasteiger partial charge in [0, 0.05) is 16.7 Å². The number of benzene rings is 4. The number of carbonyl (C=O) groups excluding carboxylic acids is 1. The predicted octanol–water partition coefficient (Wildman–Crippen LogP) is 7.09. The van der Waals surface area contributed by atoms with Gasteiger partial charge in [-0.3, -0.25) is 4.79 Å².